The first kappa shape index (κ1) is 29.4. The zero-order chi connectivity index (χ0) is 10.1. The summed E-state index contributed by atoms with van der Waals surface area (Å²) in [7, 11) is -2.92. The molecule has 7 nitrogen and oxygen atoms in total. The number of carbonyl (C=O) groups excluding carboxylic acids is 2. The summed E-state index contributed by atoms with van der Waals surface area (Å²) < 4.78 is 0. The Morgan fingerprint density at radius 1 is 0.867 bits per heavy atom. The number of nitriles is 2. The molecule has 0 heterocycles. The van der Waals surface area contributed by atoms with E-state index < -0.39 is 18.9 Å². The molecular formula is C4BLi3N2O5. The summed E-state index contributed by atoms with van der Waals surface area (Å²) in [6.45, 7) is 0. The molecule has 0 aliphatic rings. The summed E-state index contributed by atoms with van der Waals surface area (Å²) in [6.07, 6.45) is 0. The second-order valence-corrected chi connectivity index (χ2v) is 1.17. The van der Waals surface area contributed by atoms with Crippen LogP contribution in [0, 0.1) is 22.7 Å². The quantitative estimate of drug-likeness (QED) is 0.225. The second kappa shape index (κ2) is 19.6. The third kappa shape index (κ3) is 31.5. The fraction of sp³-hybridized carbons (Fsp3) is 0. The van der Waals surface area contributed by atoms with E-state index in [0.717, 1.165) is 12.1 Å². The molecular weight excluding hydrogens is 188 g/mol. The largest absolute Gasteiger partial charge is 1.00 e. The van der Waals surface area contributed by atoms with Gasteiger partial charge < -0.3 is 15.1 Å². The molecule has 0 aromatic carbocycles. The molecule has 0 aromatic heterocycles. The van der Waals surface area contributed by atoms with Crippen LogP contribution in [0.15, 0.2) is 0 Å². The summed E-state index contributed by atoms with van der Waals surface area (Å²) in [6, 6.07) is 2.01. The molecule has 0 rings (SSSR count). The normalized spacial score (nSPS) is 5.13. The van der Waals surface area contributed by atoms with Gasteiger partial charge in [-0.1, -0.05) is 0 Å². The molecule has 62 valence electrons. The van der Waals surface area contributed by atoms with Gasteiger partial charge in [0.2, 0.25) is 0 Å². The number of ketones is 2. The first-order chi connectivity index (χ1) is 5.45. The number of nitrogens with zero attached hydrogens (tertiary/aromatic N) is 2. The van der Waals surface area contributed by atoms with Crippen LogP contribution in [0.25, 0.3) is 0 Å². The van der Waals surface area contributed by atoms with Gasteiger partial charge in [0.25, 0.3) is 0 Å². The Labute approximate surface area is 122 Å². The number of rotatable bonds is 1. The predicted molar refractivity (Wildman–Crippen MR) is 27.0 cm³/mol. The first-order valence-electron chi connectivity index (χ1n) is 2.31. The SMILES string of the molecule is N#CC(=O)C(=O)C#N.[Li+].[Li+].[Li+].[O-]B([O-])[O-]. The Balaban J connectivity index is -0.0000000424. The van der Waals surface area contributed by atoms with Crippen molar-refractivity contribution in [2.24, 2.45) is 0 Å². The number of hydrogen-bond donors (Lipinski definition) is 0. The summed E-state index contributed by atoms with van der Waals surface area (Å²) in [4.78, 5) is 19.6. The van der Waals surface area contributed by atoms with Gasteiger partial charge in [-0.05, 0) is 0 Å². The van der Waals surface area contributed by atoms with Gasteiger partial charge >= 0.3 is 68.1 Å². The van der Waals surface area contributed by atoms with E-state index in [9.17, 15) is 9.59 Å². The molecule has 0 spiro atoms. The zero-order valence-corrected chi connectivity index (χ0v) is 8.51. The fourth-order valence-electron chi connectivity index (χ4n) is 0.102. The van der Waals surface area contributed by atoms with E-state index in [1.807, 2.05) is 0 Å². The molecule has 0 saturated carbocycles. The smallest absolute Gasteiger partial charge is 0.907 e. The van der Waals surface area contributed by atoms with Crippen molar-refractivity contribution in [3.63, 3.8) is 0 Å². The van der Waals surface area contributed by atoms with Crippen molar-refractivity contribution in [3.8, 4) is 12.1 Å². The van der Waals surface area contributed by atoms with Crippen molar-refractivity contribution in [3.05, 3.63) is 0 Å². The van der Waals surface area contributed by atoms with Crippen LogP contribution in [0.1, 0.15) is 0 Å². The molecule has 0 aliphatic heterocycles. The molecule has 0 N–H and O–H groups in total. The van der Waals surface area contributed by atoms with Crippen LogP contribution in [0.5, 0.6) is 0 Å². The summed E-state index contributed by atoms with van der Waals surface area (Å²) in [5.41, 5.74) is 0. The van der Waals surface area contributed by atoms with Gasteiger partial charge in [-0.2, -0.15) is 10.5 Å². The summed E-state index contributed by atoms with van der Waals surface area (Å²) in [5.74, 6) is -2.62. The number of carbonyl (C=O) groups is 2. The van der Waals surface area contributed by atoms with E-state index in [4.69, 9.17) is 25.6 Å². The maximum absolute atomic E-state index is 9.81. The van der Waals surface area contributed by atoms with Gasteiger partial charge in [0.1, 0.15) is 12.1 Å². The Hall–Kier alpha value is 0.0571. The minimum atomic E-state index is -2.92. The third-order valence-electron chi connectivity index (χ3n) is 0.409. The molecule has 0 atom stereocenters. The average Bonchev–Trinajstić information content (AvgIpc) is 2.00. The van der Waals surface area contributed by atoms with Gasteiger partial charge in [0.15, 0.2) is 0 Å². The van der Waals surface area contributed by atoms with E-state index >= 15 is 0 Å². The van der Waals surface area contributed by atoms with Crippen LogP contribution >= 0.6 is 0 Å². The van der Waals surface area contributed by atoms with Crippen molar-refractivity contribution < 1.29 is 81.2 Å². The van der Waals surface area contributed by atoms with E-state index in [2.05, 4.69) is 0 Å². The molecule has 0 fully saturated rings. The molecule has 0 aliphatic carbocycles. The van der Waals surface area contributed by atoms with Crippen LogP contribution in [0.3, 0.4) is 0 Å². The number of hydrogen-bond acceptors (Lipinski definition) is 7. The third-order valence-corrected chi connectivity index (χ3v) is 0.409. The zero-order valence-electron chi connectivity index (χ0n) is 8.51. The first-order valence-corrected chi connectivity index (χ1v) is 2.31. The second-order valence-electron chi connectivity index (χ2n) is 1.17. The minimum absolute atomic E-state index is 0. The molecule has 0 aromatic rings. The van der Waals surface area contributed by atoms with Gasteiger partial charge in [0.05, 0.1) is 0 Å². The Morgan fingerprint density at radius 2 is 1.00 bits per heavy atom. The van der Waals surface area contributed by atoms with Crippen LogP contribution in [-0.2, 0) is 9.59 Å². The van der Waals surface area contributed by atoms with Crippen molar-refractivity contribution in [1.29, 1.82) is 10.5 Å². The molecule has 0 bridgehead atoms. The molecule has 0 unspecified atom stereocenters. The van der Waals surface area contributed by atoms with Gasteiger partial charge in [-0.3, -0.25) is 16.9 Å². The standard InChI is InChI=1S/C4N2O2.BO3.3Li/c5-1-3(7)4(8)2-6;2-1(3)4;;;/q;-3;3*+1. The molecule has 0 amide bonds. The maximum atomic E-state index is 9.81. The van der Waals surface area contributed by atoms with Crippen LogP contribution in [-0.4, -0.2) is 18.9 Å². The topological polar surface area (TPSA) is 151 Å². The number of Topliss-reactive ketones (excluding diaryl/α,β-unsaturated/α-hetero) is 2. The fourth-order valence-corrected chi connectivity index (χ4v) is 0.102. The van der Waals surface area contributed by atoms with Crippen LogP contribution in [0.4, 0.5) is 0 Å². The molecule has 11 heteroatoms. The predicted octanol–water partition coefficient (Wildman–Crippen LogP) is -13.8. The van der Waals surface area contributed by atoms with E-state index in [1.54, 1.807) is 0 Å². The van der Waals surface area contributed by atoms with E-state index in [1.165, 1.54) is 0 Å². The van der Waals surface area contributed by atoms with Crippen LogP contribution < -0.4 is 71.7 Å². The van der Waals surface area contributed by atoms with Gasteiger partial charge in [-0.15, -0.1) is 0 Å². The molecule has 15 heavy (non-hydrogen) atoms. The van der Waals surface area contributed by atoms with Gasteiger partial charge in [0, 0.05) is 0 Å². The van der Waals surface area contributed by atoms with Crippen LogP contribution in [0.2, 0.25) is 0 Å². The Morgan fingerprint density at radius 3 is 1.07 bits per heavy atom. The van der Waals surface area contributed by atoms with Crippen molar-refractivity contribution in [2.75, 3.05) is 0 Å². The average molecular weight is 188 g/mol. The Kier molecular flexibility index (Phi) is 38.4. The maximum Gasteiger partial charge on any atom is 1.00 e. The molecule has 0 saturated heterocycles. The summed E-state index contributed by atoms with van der Waals surface area (Å²) >= 11 is 0. The monoisotopic (exact) mass is 188 g/mol. The Bertz CT molecular complexity index is 233. The molecule has 0 radical (unpaired) electrons. The minimum Gasteiger partial charge on any atom is -0.907 e. The van der Waals surface area contributed by atoms with Crippen molar-refractivity contribution in [2.45, 2.75) is 0 Å². The van der Waals surface area contributed by atoms with Crippen molar-refractivity contribution >= 4 is 18.9 Å². The van der Waals surface area contributed by atoms with E-state index in [-0.39, 0.29) is 56.6 Å². The van der Waals surface area contributed by atoms with Crippen molar-refractivity contribution in [1.82, 2.24) is 0 Å². The van der Waals surface area contributed by atoms with Gasteiger partial charge in [-0.25, -0.2) is 0 Å². The van der Waals surface area contributed by atoms with E-state index in [0.29, 0.717) is 0 Å². The summed E-state index contributed by atoms with van der Waals surface area (Å²) in [5, 5.41) is 40.6.